The maximum atomic E-state index is 13.0. The predicted molar refractivity (Wildman–Crippen MR) is 90.5 cm³/mol. The molecule has 0 aliphatic heterocycles. The standard InChI is InChI=1S/C19H10F3N3/c20-19(21,22)13-6-7-15-14(10-13)24-16-8-5-12-4-3-11-2-1-9-23-17(11)18(12)25(15)16/h1-10H. The van der Waals surface area contributed by atoms with Crippen molar-refractivity contribution in [2.45, 2.75) is 6.18 Å². The lowest BCUT2D eigenvalue weighted by Gasteiger charge is -2.08. The van der Waals surface area contributed by atoms with E-state index >= 15 is 0 Å². The van der Waals surface area contributed by atoms with E-state index in [1.54, 1.807) is 6.20 Å². The summed E-state index contributed by atoms with van der Waals surface area (Å²) in [5.74, 6) is 0. The molecule has 25 heavy (non-hydrogen) atoms. The predicted octanol–water partition coefficient (Wildman–Crippen LogP) is 5.21. The number of hydrogen-bond acceptors (Lipinski definition) is 2. The van der Waals surface area contributed by atoms with Crippen molar-refractivity contribution in [2.24, 2.45) is 0 Å². The lowest BCUT2D eigenvalue weighted by atomic mass is 10.1. The van der Waals surface area contributed by atoms with Gasteiger partial charge in [0, 0.05) is 17.0 Å². The molecule has 3 nitrogen and oxygen atoms in total. The van der Waals surface area contributed by atoms with Crippen molar-refractivity contribution < 1.29 is 13.2 Å². The maximum Gasteiger partial charge on any atom is 0.416 e. The molecule has 0 N–H and O–H groups in total. The Hall–Kier alpha value is -3.15. The summed E-state index contributed by atoms with van der Waals surface area (Å²) in [6.07, 6.45) is -2.68. The van der Waals surface area contributed by atoms with Gasteiger partial charge in [-0.15, -0.1) is 0 Å². The van der Waals surface area contributed by atoms with Crippen molar-refractivity contribution in [3.8, 4) is 0 Å². The molecule has 2 aromatic carbocycles. The first kappa shape index (κ1) is 14.2. The van der Waals surface area contributed by atoms with Crippen LogP contribution in [0.25, 0.3) is 38.5 Å². The largest absolute Gasteiger partial charge is 0.416 e. The van der Waals surface area contributed by atoms with E-state index in [4.69, 9.17) is 0 Å². The minimum absolute atomic E-state index is 0.315. The summed E-state index contributed by atoms with van der Waals surface area (Å²) < 4.78 is 40.8. The summed E-state index contributed by atoms with van der Waals surface area (Å²) in [7, 11) is 0. The first-order valence-electron chi connectivity index (χ1n) is 7.68. The van der Waals surface area contributed by atoms with Gasteiger partial charge in [0.15, 0.2) is 0 Å². The minimum atomic E-state index is -4.39. The number of fused-ring (bicyclic) bond motifs is 7. The summed E-state index contributed by atoms with van der Waals surface area (Å²) in [6, 6.07) is 15.2. The van der Waals surface area contributed by atoms with Gasteiger partial charge in [0.2, 0.25) is 0 Å². The quantitative estimate of drug-likeness (QED) is 0.363. The molecule has 0 aliphatic rings. The second kappa shape index (κ2) is 4.69. The molecule has 0 aliphatic carbocycles. The average Bonchev–Trinajstić information content (AvgIpc) is 2.98. The lowest BCUT2D eigenvalue weighted by molar-refractivity contribution is -0.137. The third-order valence-corrected chi connectivity index (χ3v) is 4.42. The SMILES string of the molecule is FC(F)(F)c1ccc2c(c1)nc1ccc3ccc4cccnc4c3n12. The summed E-state index contributed by atoms with van der Waals surface area (Å²) in [5, 5.41) is 1.93. The number of pyridine rings is 2. The van der Waals surface area contributed by atoms with Crippen LogP contribution in [0.2, 0.25) is 0 Å². The van der Waals surface area contributed by atoms with Crippen LogP contribution in [0.4, 0.5) is 13.2 Å². The number of aromatic nitrogens is 3. The van der Waals surface area contributed by atoms with Crippen LogP contribution in [-0.2, 0) is 6.18 Å². The van der Waals surface area contributed by atoms with Crippen LogP contribution in [0.5, 0.6) is 0 Å². The van der Waals surface area contributed by atoms with Crippen LogP contribution in [0.15, 0.2) is 60.8 Å². The molecule has 0 radical (unpaired) electrons. The molecule has 5 rings (SSSR count). The fraction of sp³-hybridized carbons (Fsp3) is 0.0526. The highest BCUT2D eigenvalue weighted by molar-refractivity contribution is 6.05. The fourth-order valence-electron chi connectivity index (χ4n) is 3.30. The second-order valence-corrected chi connectivity index (χ2v) is 5.92. The molecular weight excluding hydrogens is 327 g/mol. The van der Waals surface area contributed by atoms with E-state index in [2.05, 4.69) is 9.97 Å². The summed E-state index contributed by atoms with van der Waals surface area (Å²) >= 11 is 0. The van der Waals surface area contributed by atoms with Gasteiger partial charge in [0.05, 0.1) is 27.6 Å². The molecule has 0 saturated carbocycles. The van der Waals surface area contributed by atoms with Crippen LogP contribution in [0.1, 0.15) is 5.56 Å². The van der Waals surface area contributed by atoms with Crippen LogP contribution >= 0.6 is 0 Å². The number of hydrogen-bond donors (Lipinski definition) is 0. The third-order valence-electron chi connectivity index (χ3n) is 4.42. The first-order chi connectivity index (χ1) is 12.0. The topological polar surface area (TPSA) is 30.2 Å². The third kappa shape index (κ3) is 2.00. The number of nitrogens with zero attached hydrogens (tertiary/aromatic N) is 3. The van der Waals surface area contributed by atoms with E-state index in [-0.39, 0.29) is 0 Å². The summed E-state index contributed by atoms with van der Waals surface area (Å²) in [5.41, 5.74) is 2.49. The first-order valence-corrected chi connectivity index (χ1v) is 7.68. The number of alkyl halides is 3. The van der Waals surface area contributed by atoms with Gasteiger partial charge < -0.3 is 0 Å². The Morgan fingerprint density at radius 3 is 2.52 bits per heavy atom. The van der Waals surface area contributed by atoms with Crippen LogP contribution in [-0.4, -0.2) is 14.4 Å². The Balaban J connectivity index is 1.99. The van der Waals surface area contributed by atoms with Gasteiger partial charge in [-0.05, 0) is 36.4 Å². The monoisotopic (exact) mass is 337 g/mol. The van der Waals surface area contributed by atoms with E-state index in [0.717, 1.165) is 33.9 Å². The zero-order valence-electron chi connectivity index (χ0n) is 12.7. The maximum absolute atomic E-state index is 13.0. The van der Waals surface area contributed by atoms with Crippen molar-refractivity contribution >= 4 is 38.5 Å². The molecule has 0 atom stereocenters. The normalized spacial score (nSPS) is 12.6. The van der Waals surface area contributed by atoms with Crippen molar-refractivity contribution in [3.05, 3.63) is 66.4 Å². The van der Waals surface area contributed by atoms with E-state index in [9.17, 15) is 13.2 Å². The Morgan fingerprint density at radius 2 is 1.68 bits per heavy atom. The zero-order chi connectivity index (χ0) is 17.2. The molecule has 0 bridgehead atoms. The molecule has 0 saturated heterocycles. The zero-order valence-corrected chi connectivity index (χ0v) is 12.7. The van der Waals surface area contributed by atoms with Gasteiger partial charge in [0.1, 0.15) is 5.65 Å². The van der Waals surface area contributed by atoms with Gasteiger partial charge in [-0.1, -0.05) is 18.2 Å². The Kier molecular flexibility index (Phi) is 2.67. The molecule has 3 aromatic heterocycles. The number of imidazole rings is 1. The molecule has 0 amide bonds. The van der Waals surface area contributed by atoms with Crippen molar-refractivity contribution in [1.29, 1.82) is 0 Å². The molecule has 5 aromatic rings. The van der Waals surface area contributed by atoms with Crippen LogP contribution in [0, 0.1) is 0 Å². The molecule has 6 heteroatoms. The Labute approximate surface area is 139 Å². The fourth-order valence-corrected chi connectivity index (χ4v) is 3.30. The van der Waals surface area contributed by atoms with Crippen molar-refractivity contribution in [2.75, 3.05) is 0 Å². The number of benzene rings is 2. The molecular formula is C19H10F3N3. The van der Waals surface area contributed by atoms with Crippen molar-refractivity contribution in [3.63, 3.8) is 0 Å². The molecule has 122 valence electrons. The number of rotatable bonds is 0. The van der Waals surface area contributed by atoms with Gasteiger partial charge in [-0.3, -0.25) is 9.38 Å². The lowest BCUT2D eigenvalue weighted by Crippen LogP contribution is -2.04. The molecule has 0 spiro atoms. The van der Waals surface area contributed by atoms with E-state index in [1.165, 1.54) is 6.07 Å². The van der Waals surface area contributed by atoms with Crippen molar-refractivity contribution in [1.82, 2.24) is 14.4 Å². The summed E-state index contributed by atoms with van der Waals surface area (Å²) in [6.45, 7) is 0. The average molecular weight is 337 g/mol. The van der Waals surface area contributed by atoms with Gasteiger partial charge in [0.25, 0.3) is 0 Å². The molecule has 0 unspecified atom stereocenters. The van der Waals surface area contributed by atoms with Gasteiger partial charge in [-0.25, -0.2) is 4.98 Å². The highest BCUT2D eigenvalue weighted by Gasteiger charge is 2.31. The minimum Gasteiger partial charge on any atom is -0.290 e. The van der Waals surface area contributed by atoms with E-state index < -0.39 is 11.7 Å². The van der Waals surface area contributed by atoms with E-state index in [0.29, 0.717) is 16.7 Å². The van der Waals surface area contributed by atoms with Crippen LogP contribution in [0.3, 0.4) is 0 Å². The highest BCUT2D eigenvalue weighted by Crippen LogP contribution is 2.33. The van der Waals surface area contributed by atoms with Crippen LogP contribution < -0.4 is 0 Å². The van der Waals surface area contributed by atoms with Gasteiger partial charge >= 0.3 is 6.18 Å². The number of halogens is 3. The molecule has 0 fully saturated rings. The smallest absolute Gasteiger partial charge is 0.290 e. The molecule has 3 heterocycles. The highest BCUT2D eigenvalue weighted by atomic mass is 19.4. The Bertz CT molecular complexity index is 1290. The Morgan fingerprint density at radius 1 is 0.880 bits per heavy atom. The second-order valence-electron chi connectivity index (χ2n) is 5.92. The summed E-state index contributed by atoms with van der Waals surface area (Å²) in [4.78, 5) is 8.86. The van der Waals surface area contributed by atoms with E-state index in [1.807, 2.05) is 40.8 Å². The van der Waals surface area contributed by atoms with Gasteiger partial charge in [-0.2, -0.15) is 13.2 Å².